The number of hydrogen-bond donors (Lipinski definition) is 2. The predicted octanol–water partition coefficient (Wildman–Crippen LogP) is 3.93. The van der Waals surface area contributed by atoms with E-state index in [0.717, 1.165) is 11.4 Å². The van der Waals surface area contributed by atoms with Crippen molar-refractivity contribution in [3.8, 4) is 11.4 Å². The summed E-state index contributed by atoms with van der Waals surface area (Å²) in [7, 11) is -2.09. The molecule has 32 heavy (non-hydrogen) atoms. The van der Waals surface area contributed by atoms with Crippen LogP contribution in [0.5, 0.6) is 5.75 Å². The normalized spacial score (nSPS) is 11.0. The van der Waals surface area contributed by atoms with Crippen molar-refractivity contribution < 1.29 is 17.9 Å². The zero-order valence-corrected chi connectivity index (χ0v) is 17.9. The van der Waals surface area contributed by atoms with Gasteiger partial charge >= 0.3 is 0 Å². The van der Waals surface area contributed by atoms with Gasteiger partial charge in [0.1, 0.15) is 5.75 Å². The lowest BCUT2D eigenvalue weighted by atomic mass is 10.2. The van der Waals surface area contributed by atoms with Crippen LogP contribution in [0.1, 0.15) is 10.4 Å². The molecule has 0 atom stereocenters. The second-order valence-corrected chi connectivity index (χ2v) is 8.50. The maximum Gasteiger partial charge on any atom is 0.261 e. The van der Waals surface area contributed by atoms with Gasteiger partial charge in [-0.2, -0.15) is 5.10 Å². The zero-order valence-electron chi connectivity index (χ0n) is 17.1. The Morgan fingerprint density at radius 3 is 2.25 bits per heavy atom. The van der Waals surface area contributed by atoms with E-state index in [1.165, 1.54) is 24.3 Å². The Morgan fingerprint density at radius 2 is 1.59 bits per heavy atom. The van der Waals surface area contributed by atoms with Gasteiger partial charge in [0, 0.05) is 11.3 Å². The van der Waals surface area contributed by atoms with Crippen molar-refractivity contribution in [1.29, 1.82) is 0 Å². The molecule has 4 rings (SSSR count). The average molecular weight is 449 g/mol. The number of hydrogen-bond acceptors (Lipinski definition) is 5. The maximum absolute atomic E-state index is 12.6. The van der Waals surface area contributed by atoms with Crippen LogP contribution in [-0.4, -0.2) is 31.2 Å². The van der Waals surface area contributed by atoms with Crippen LogP contribution < -0.4 is 14.8 Å². The van der Waals surface area contributed by atoms with Gasteiger partial charge in [-0.05, 0) is 60.7 Å². The number of ether oxygens (including phenoxy) is 1. The SMILES string of the molecule is COc1ccc(-n2cc(NC(=O)c3ccc(NS(=O)(=O)c4ccccc4)cc3)cn2)cc1. The Hall–Kier alpha value is -4.11. The number of benzene rings is 3. The Morgan fingerprint density at radius 1 is 0.906 bits per heavy atom. The summed E-state index contributed by atoms with van der Waals surface area (Å²) in [5.41, 5.74) is 2.09. The van der Waals surface area contributed by atoms with E-state index in [1.807, 2.05) is 24.3 Å². The first-order chi connectivity index (χ1) is 15.4. The molecule has 9 heteroatoms. The summed E-state index contributed by atoms with van der Waals surface area (Å²) in [5, 5.41) is 7.04. The van der Waals surface area contributed by atoms with E-state index in [4.69, 9.17) is 4.74 Å². The average Bonchev–Trinajstić information content (AvgIpc) is 3.28. The van der Waals surface area contributed by atoms with Gasteiger partial charge in [0.25, 0.3) is 15.9 Å². The molecule has 0 saturated heterocycles. The first-order valence-corrected chi connectivity index (χ1v) is 11.1. The largest absolute Gasteiger partial charge is 0.497 e. The fourth-order valence-electron chi connectivity index (χ4n) is 2.97. The number of rotatable bonds is 7. The lowest BCUT2D eigenvalue weighted by molar-refractivity contribution is 0.102. The number of methoxy groups -OCH3 is 1. The second kappa shape index (κ2) is 8.94. The second-order valence-electron chi connectivity index (χ2n) is 6.82. The molecule has 1 aromatic heterocycles. The fourth-order valence-corrected chi connectivity index (χ4v) is 4.05. The monoisotopic (exact) mass is 448 g/mol. The number of anilines is 2. The summed E-state index contributed by atoms with van der Waals surface area (Å²) >= 11 is 0. The van der Waals surface area contributed by atoms with Crippen molar-refractivity contribution in [1.82, 2.24) is 9.78 Å². The van der Waals surface area contributed by atoms with E-state index in [-0.39, 0.29) is 10.8 Å². The van der Waals surface area contributed by atoms with Crippen LogP contribution in [-0.2, 0) is 10.0 Å². The van der Waals surface area contributed by atoms with Gasteiger partial charge in [-0.3, -0.25) is 9.52 Å². The lowest BCUT2D eigenvalue weighted by Gasteiger charge is -2.09. The predicted molar refractivity (Wildman–Crippen MR) is 122 cm³/mol. The van der Waals surface area contributed by atoms with E-state index in [9.17, 15) is 13.2 Å². The topological polar surface area (TPSA) is 102 Å². The summed E-state index contributed by atoms with van der Waals surface area (Å²) in [6.45, 7) is 0. The minimum absolute atomic E-state index is 0.163. The molecular weight excluding hydrogens is 428 g/mol. The van der Waals surface area contributed by atoms with Gasteiger partial charge in [0.05, 0.1) is 35.8 Å². The summed E-state index contributed by atoms with van der Waals surface area (Å²) in [4.78, 5) is 12.7. The Balaban J connectivity index is 1.41. The maximum atomic E-state index is 12.6. The molecule has 0 saturated carbocycles. The van der Waals surface area contributed by atoms with Crippen LogP contribution in [0.4, 0.5) is 11.4 Å². The molecule has 0 aliphatic heterocycles. The summed E-state index contributed by atoms with van der Waals surface area (Å²) in [6, 6.07) is 21.6. The Kier molecular flexibility index (Phi) is 5.91. The van der Waals surface area contributed by atoms with Crippen LogP contribution >= 0.6 is 0 Å². The highest BCUT2D eigenvalue weighted by Crippen LogP contribution is 2.19. The van der Waals surface area contributed by atoms with Crippen molar-refractivity contribution in [2.45, 2.75) is 4.90 Å². The van der Waals surface area contributed by atoms with Gasteiger partial charge in [0.15, 0.2) is 0 Å². The molecule has 162 valence electrons. The van der Waals surface area contributed by atoms with E-state index in [0.29, 0.717) is 16.9 Å². The van der Waals surface area contributed by atoms with Crippen LogP contribution in [0.25, 0.3) is 5.69 Å². The van der Waals surface area contributed by atoms with Gasteiger partial charge < -0.3 is 10.1 Å². The fraction of sp³-hybridized carbons (Fsp3) is 0.0435. The van der Waals surface area contributed by atoms with Crippen LogP contribution in [0.3, 0.4) is 0 Å². The minimum Gasteiger partial charge on any atom is -0.497 e. The number of sulfonamides is 1. The van der Waals surface area contributed by atoms with Gasteiger partial charge in [-0.15, -0.1) is 0 Å². The molecule has 4 aromatic rings. The molecule has 0 unspecified atom stereocenters. The first-order valence-electron chi connectivity index (χ1n) is 9.63. The number of carbonyl (C=O) groups is 1. The van der Waals surface area contributed by atoms with Crippen LogP contribution in [0.2, 0.25) is 0 Å². The molecule has 0 fully saturated rings. The molecule has 0 aliphatic carbocycles. The van der Waals surface area contributed by atoms with Crippen LogP contribution in [0, 0.1) is 0 Å². The molecule has 3 aromatic carbocycles. The molecule has 1 amide bonds. The highest BCUT2D eigenvalue weighted by Gasteiger charge is 2.14. The number of aromatic nitrogens is 2. The van der Waals surface area contributed by atoms with Crippen molar-refractivity contribution in [2.24, 2.45) is 0 Å². The lowest BCUT2D eigenvalue weighted by Crippen LogP contribution is -2.14. The van der Waals surface area contributed by atoms with Crippen molar-refractivity contribution in [2.75, 3.05) is 17.1 Å². The Bertz CT molecular complexity index is 1320. The molecule has 8 nitrogen and oxygen atoms in total. The number of carbonyl (C=O) groups excluding carboxylic acids is 1. The van der Waals surface area contributed by atoms with E-state index < -0.39 is 10.0 Å². The minimum atomic E-state index is -3.69. The highest BCUT2D eigenvalue weighted by atomic mass is 32.2. The molecule has 0 radical (unpaired) electrons. The highest BCUT2D eigenvalue weighted by molar-refractivity contribution is 7.92. The van der Waals surface area contributed by atoms with Gasteiger partial charge in [-0.1, -0.05) is 18.2 Å². The van der Waals surface area contributed by atoms with Gasteiger partial charge in [-0.25, -0.2) is 13.1 Å². The summed E-state index contributed by atoms with van der Waals surface area (Å²) in [5.74, 6) is 0.403. The smallest absolute Gasteiger partial charge is 0.261 e. The number of amides is 1. The molecule has 0 aliphatic rings. The van der Waals surface area contributed by atoms with Gasteiger partial charge in [0.2, 0.25) is 0 Å². The molecule has 1 heterocycles. The van der Waals surface area contributed by atoms with Crippen molar-refractivity contribution >= 4 is 27.3 Å². The third-order valence-electron chi connectivity index (χ3n) is 4.63. The van der Waals surface area contributed by atoms with Crippen molar-refractivity contribution in [3.63, 3.8) is 0 Å². The van der Waals surface area contributed by atoms with E-state index in [1.54, 1.807) is 54.5 Å². The summed E-state index contributed by atoms with van der Waals surface area (Å²) in [6.07, 6.45) is 3.24. The summed E-state index contributed by atoms with van der Waals surface area (Å²) < 4.78 is 34.1. The number of nitrogens with one attached hydrogen (secondary N) is 2. The molecular formula is C23H20N4O4S. The third-order valence-corrected chi connectivity index (χ3v) is 6.03. The zero-order chi connectivity index (χ0) is 22.6. The first kappa shape index (κ1) is 21.1. The van der Waals surface area contributed by atoms with Crippen molar-refractivity contribution in [3.05, 3.63) is 96.8 Å². The Labute approximate surface area is 185 Å². The molecule has 0 spiro atoms. The molecule has 0 bridgehead atoms. The quantitative estimate of drug-likeness (QED) is 0.446. The number of nitrogens with zero attached hydrogens (tertiary/aromatic N) is 2. The van der Waals surface area contributed by atoms with E-state index in [2.05, 4.69) is 15.1 Å². The van der Waals surface area contributed by atoms with Crippen LogP contribution in [0.15, 0.2) is 96.2 Å². The van der Waals surface area contributed by atoms with E-state index >= 15 is 0 Å². The standard InChI is InChI=1S/C23H20N4O4S/c1-31-21-13-11-20(12-14-21)27-16-19(15-24-27)25-23(28)17-7-9-18(10-8-17)26-32(29,30)22-5-3-2-4-6-22/h2-16,26H,1H3,(H,25,28). The third kappa shape index (κ3) is 4.79. The molecule has 2 N–H and O–H groups in total.